The molecule has 0 bridgehead atoms. The summed E-state index contributed by atoms with van der Waals surface area (Å²) < 4.78 is 0. The number of carboxylic acids is 1. The Morgan fingerprint density at radius 1 is 0.811 bits per heavy atom. The molecule has 0 aromatic heterocycles. The molecule has 0 rings (SSSR count). The number of aliphatic carboxylic acids is 1. The minimum atomic E-state index is -1.15. The maximum atomic E-state index is 13.3. The number of aliphatic imine (C=N–C) groups is 1. The molecular formula is C24H48N8O5. The summed E-state index contributed by atoms with van der Waals surface area (Å²) >= 11 is 0. The fourth-order valence-electron chi connectivity index (χ4n) is 3.57. The highest BCUT2D eigenvalue weighted by molar-refractivity contribution is 5.94. The van der Waals surface area contributed by atoms with Crippen molar-refractivity contribution in [2.24, 2.45) is 39.8 Å². The lowest BCUT2D eigenvalue weighted by atomic mass is 9.94. The third-order valence-electron chi connectivity index (χ3n) is 6.45. The lowest BCUT2D eigenvalue weighted by molar-refractivity contribution is -0.143. The quantitative estimate of drug-likeness (QED) is 0.0589. The summed E-state index contributed by atoms with van der Waals surface area (Å²) in [7, 11) is 0. The van der Waals surface area contributed by atoms with Crippen LogP contribution in [0, 0.1) is 11.8 Å². The molecule has 0 saturated heterocycles. The van der Waals surface area contributed by atoms with E-state index in [0.717, 1.165) is 0 Å². The number of nitrogens with two attached hydrogens (primary N) is 4. The van der Waals surface area contributed by atoms with E-state index < -0.39 is 47.9 Å². The van der Waals surface area contributed by atoms with Gasteiger partial charge in [-0.15, -0.1) is 0 Å². The van der Waals surface area contributed by atoms with Gasteiger partial charge in [-0.3, -0.25) is 19.4 Å². The lowest BCUT2D eigenvalue weighted by Crippen LogP contribution is -2.60. The number of nitrogens with zero attached hydrogens (tertiary/aromatic N) is 1. The largest absolute Gasteiger partial charge is 0.480 e. The van der Waals surface area contributed by atoms with Crippen LogP contribution in [0.15, 0.2) is 4.99 Å². The molecule has 0 aliphatic rings. The SMILES string of the molecule is CCC(C)C(NC(=O)C(N)CCCN=C(N)N)C(=O)NC(C(=O)NC(CCCCN)C(=O)O)C(C)CC. The van der Waals surface area contributed by atoms with Crippen LogP contribution < -0.4 is 38.9 Å². The van der Waals surface area contributed by atoms with Gasteiger partial charge in [-0.1, -0.05) is 40.5 Å². The third kappa shape index (κ3) is 13.3. The number of amides is 3. The summed E-state index contributed by atoms with van der Waals surface area (Å²) in [6, 6.07) is -3.87. The van der Waals surface area contributed by atoms with Crippen molar-refractivity contribution in [3.63, 3.8) is 0 Å². The van der Waals surface area contributed by atoms with Gasteiger partial charge in [-0.25, -0.2) is 4.79 Å². The van der Waals surface area contributed by atoms with Crippen molar-refractivity contribution in [3.8, 4) is 0 Å². The van der Waals surface area contributed by atoms with Crippen molar-refractivity contribution in [3.05, 3.63) is 0 Å². The summed E-state index contributed by atoms with van der Waals surface area (Å²) in [5, 5.41) is 17.5. The van der Waals surface area contributed by atoms with Crippen molar-refractivity contribution < 1.29 is 24.3 Å². The molecule has 13 heteroatoms. The first-order chi connectivity index (χ1) is 17.4. The molecule has 0 aliphatic carbocycles. The monoisotopic (exact) mass is 528 g/mol. The standard InChI is InChI=1S/C24H48N8O5/c1-5-14(3)18(21(34)30-17(23(36)37)11-7-8-12-25)32-22(35)19(15(4)6-2)31-20(33)16(26)10-9-13-29-24(27)28/h14-19H,5-13,25-26H2,1-4H3,(H,30,34)(H,31,33)(H,32,35)(H,36,37)(H4,27,28,29). The highest BCUT2D eigenvalue weighted by Gasteiger charge is 2.34. The first-order valence-corrected chi connectivity index (χ1v) is 13.0. The molecule has 0 saturated carbocycles. The Balaban J connectivity index is 5.46. The molecule has 37 heavy (non-hydrogen) atoms. The molecule has 0 aromatic rings. The molecular weight excluding hydrogens is 480 g/mol. The topological polar surface area (TPSA) is 241 Å². The van der Waals surface area contributed by atoms with Gasteiger partial charge >= 0.3 is 5.97 Å². The molecule has 12 N–H and O–H groups in total. The number of guanidine groups is 1. The number of hydrogen-bond donors (Lipinski definition) is 8. The van der Waals surface area contributed by atoms with E-state index >= 15 is 0 Å². The Hall–Kier alpha value is -2.93. The van der Waals surface area contributed by atoms with Gasteiger partial charge in [0.05, 0.1) is 6.04 Å². The fraction of sp³-hybridized carbons (Fsp3) is 0.792. The number of nitrogens with one attached hydrogen (secondary N) is 3. The Kier molecular flexibility index (Phi) is 16.9. The molecule has 0 fully saturated rings. The predicted molar refractivity (Wildman–Crippen MR) is 143 cm³/mol. The van der Waals surface area contributed by atoms with Gasteiger partial charge in [0.25, 0.3) is 0 Å². The zero-order valence-corrected chi connectivity index (χ0v) is 22.7. The van der Waals surface area contributed by atoms with E-state index in [1.165, 1.54) is 0 Å². The zero-order chi connectivity index (χ0) is 28.5. The van der Waals surface area contributed by atoms with E-state index in [9.17, 15) is 24.3 Å². The van der Waals surface area contributed by atoms with Gasteiger partial charge in [-0.05, 0) is 50.5 Å². The van der Waals surface area contributed by atoms with Gasteiger partial charge in [0.2, 0.25) is 17.7 Å². The first-order valence-electron chi connectivity index (χ1n) is 13.0. The molecule has 214 valence electrons. The second kappa shape index (κ2) is 18.3. The van der Waals surface area contributed by atoms with Crippen molar-refractivity contribution in [1.82, 2.24) is 16.0 Å². The van der Waals surface area contributed by atoms with E-state index in [1.54, 1.807) is 6.92 Å². The van der Waals surface area contributed by atoms with Crippen LogP contribution in [0.25, 0.3) is 0 Å². The van der Waals surface area contributed by atoms with E-state index in [1.807, 2.05) is 20.8 Å². The summed E-state index contributed by atoms with van der Waals surface area (Å²) in [4.78, 5) is 54.6. The van der Waals surface area contributed by atoms with Crippen LogP contribution in [0.1, 0.15) is 72.6 Å². The summed E-state index contributed by atoms with van der Waals surface area (Å²) in [5.41, 5.74) is 22.0. The van der Waals surface area contributed by atoms with Crippen molar-refractivity contribution in [2.75, 3.05) is 13.1 Å². The average molecular weight is 529 g/mol. The first kappa shape index (κ1) is 34.1. The number of carboxylic acid groups (broad SMARTS) is 1. The summed E-state index contributed by atoms with van der Waals surface area (Å²) in [5.74, 6) is -3.36. The Morgan fingerprint density at radius 3 is 1.78 bits per heavy atom. The van der Waals surface area contributed by atoms with E-state index in [2.05, 4.69) is 20.9 Å². The molecule has 0 heterocycles. The number of carbonyl (C=O) groups is 4. The molecule has 3 amide bonds. The Bertz CT molecular complexity index is 759. The minimum absolute atomic E-state index is 0.0448. The van der Waals surface area contributed by atoms with Crippen LogP contribution in [0.2, 0.25) is 0 Å². The second-order valence-corrected chi connectivity index (χ2v) is 9.48. The number of hydrogen-bond acceptors (Lipinski definition) is 7. The van der Waals surface area contributed by atoms with Crippen LogP contribution in [0.3, 0.4) is 0 Å². The maximum Gasteiger partial charge on any atom is 0.326 e. The molecule has 6 unspecified atom stereocenters. The van der Waals surface area contributed by atoms with Crippen molar-refractivity contribution in [2.45, 2.75) is 96.8 Å². The smallest absolute Gasteiger partial charge is 0.326 e. The maximum absolute atomic E-state index is 13.3. The summed E-state index contributed by atoms with van der Waals surface area (Å²) in [6.45, 7) is 8.09. The molecule has 6 atom stereocenters. The van der Waals surface area contributed by atoms with Crippen LogP contribution >= 0.6 is 0 Å². The van der Waals surface area contributed by atoms with Gasteiger partial charge < -0.3 is 44.0 Å². The van der Waals surface area contributed by atoms with E-state index in [-0.39, 0.29) is 24.2 Å². The predicted octanol–water partition coefficient (Wildman–Crippen LogP) is -0.872. The third-order valence-corrected chi connectivity index (χ3v) is 6.45. The molecule has 13 nitrogen and oxygen atoms in total. The fourth-order valence-corrected chi connectivity index (χ4v) is 3.57. The van der Waals surface area contributed by atoms with Gasteiger partial charge in [0.15, 0.2) is 5.96 Å². The lowest BCUT2D eigenvalue weighted by Gasteiger charge is -2.30. The van der Waals surface area contributed by atoms with E-state index in [0.29, 0.717) is 51.6 Å². The molecule has 0 aromatic carbocycles. The minimum Gasteiger partial charge on any atom is -0.480 e. The molecule has 0 aliphatic heterocycles. The van der Waals surface area contributed by atoms with Crippen LogP contribution in [0.5, 0.6) is 0 Å². The van der Waals surface area contributed by atoms with Gasteiger partial charge in [0, 0.05) is 6.54 Å². The number of rotatable bonds is 19. The van der Waals surface area contributed by atoms with Crippen LogP contribution in [0.4, 0.5) is 0 Å². The number of carbonyl (C=O) groups excluding carboxylic acids is 3. The highest BCUT2D eigenvalue weighted by atomic mass is 16.4. The highest BCUT2D eigenvalue weighted by Crippen LogP contribution is 2.13. The van der Waals surface area contributed by atoms with Crippen LogP contribution in [-0.4, -0.2) is 72.0 Å². The number of unbranched alkanes of at least 4 members (excludes halogenated alkanes) is 1. The molecule has 0 radical (unpaired) electrons. The summed E-state index contributed by atoms with van der Waals surface area (Å²) in [6.07, 6.45) is 3.35. The van der Waals surface area contributed by atoms with Gasteiger partial charge in [-0.2, -0.15) is 0 Å². The van der Waals surface area contributed by atoms with Crippen LogP contribution in [-0.2, 0) is 19.2 Å². The average Bonchev–Trinajstić information content (AvgIpc) is 2.85. The molecule has 0 spiro atoms. The second-order valence-electron chi connectivity index (χ2n) is 9.48. The normalized spacial score (nSPS) is 15.8. The van der Waals surface area contributed by atoms with Gasteiger partial charge in [0.1, 0.15) is 18.1 Å². The zero-order valence-electron chi connectivity index (χ0n) is 22.7. The van der Waals surface area contributed by atoms with Crippen molar-refractivity contribution >= 4 is 29.7 Å². The van der Waals surface area contributed by atoms with E-state index in [4.69, 9.17) is 22.9 Å². The Labute approximate surface area is 219 Å². The Morgan fingerprint density at radius 2 is 1.32 bits per heavy atom. The van der Waals surface area contributed by atoms with Crippen molar-refractivity contribution in [1.29, 1.82) is 0 Å².